The van der Waals surface area contributed by atoms with Crippen molar-refractivity contribution >= 4 is 21.8 Å². The molecule has 1 aliphatic heterocycles. The maximum Gasteiger partial charge on any atom is 0.314 e. The van der Waals surface area contributed by atoms with E-state index in [1.165, 1.54) is 0 Å². The Morgan fingerprint density at radius 1 is 1.29 bits per heavy atom. The summed E-state index contributed by atoms with van der Waals surface area (Å²) in [5.74, 6) is -1.18. The van der Waals surface area contributed by atoms with Gasteiger partial charge in [0.2, 0.25) is 0 Å². The van der Waals surface area contributed by atoms with Gasteiger partial charge in [0.1, 0.15) is 0 Å². The molecule has 0 aromatic carbocycles. The first-order valence-corrected chi connectivity index (χ1v) is 8.90. The second kappa shape index (κ2) is 7.63. The van der Waals surface area contributed by atoms with Crippen LogP contribution in [0.4, 0.5) is 4.79 Å². The van der Waals surface area contributed by atoms with Gasteiger partial charge in [-0.3, -0.25) is 4.79 Å². The third-order valence-electron chi connectivity index (χ3n) is 3.57. The van der Waals surface area contributed by atoms with Gasteiger partial charge in [0.25, 0.3) is 0 Å². The molecule has 2 unspecified atom stereocenters. The first-order valence-electron chi connectivity index (χ1n) is 7.18. The molecule has 0 aliphatic carbocycles. The highest BCUT2D eigenvalue weighted by Gasteiger charge is 2.31. The van der Waals surface area contributed by atoms with Crippen LogP contribution in [0.5, 0.6) is 0 Å². The number of carboxylic acid groups (broad SMARTS) is 1. The Bertz CT molecular complexity index is 475. The van der Waals surface area contributed by atoms with E-state index in [9.17, 15) is 18.0 Å². The molecule has 1 heterocycles. The molecule has 0 saturated carbocycles. The molecule has 0 spiro atoms. The zero-order valence-corrected chi connectivity index (χ0v) is 13.3. The molecule has 1 rings (SSSR count). The molecule has 122 valence electrons. The summed E-state index contributed by atoms with van der Waals surface area (Å²) in [6, 6.07) is -0.521. The van der Waals surface area contributed by atoms with Gasteiger partial charge in [0, 0.05) is 13.1 Å². The quantitative estimate of drug-likeness (QED) is 0.636. The monoisotopic (exact) mass is 320 g/mol. The fourth-order valence-electron chi connectivity index (χ4n) is 2.41. The predicted octanol–water partition coefficient (Wildman–Crippen LogP) is 0.610. The van der Waals surface area contributed by atoms with Crippen molar-refractivity contribution in [3.63, 3.8) is 0 Å². The Morgan fingerprint density at radius 3 is 2.43 bits per heavy atom. The standard InChI is InChI=1S/C13H24N2O5S/c1-9(2)6-10(12(16)17)7-14-13(18)15-8-11-4-3-5-21(11,19)20/h9-11H,3-8H2,1-2H3,(H,16,17)(H2,14,15,18). The molecule has 2 atom stereocenters. The van der Waals surface area contributed by atoms with Crippen molar-refractivity contribution in [2.45, 2.75) is 38.4 Å². The van der Waals surface area contributed by atoms with Crippen LogP contribution >= 0.6 is 0 Å². The third kappa shape index (κ3) is 5.91. The lowest BCUT2D eigenvalue weighted by molar-refractivity contribution is -0.142. The number of amides is 2. The number of carboxylic acids is 1. The Hall–Kier alpha value is -1.31. The van der Waals surface area contributed by atoms with Crippen molar-refractivity contribution in [1.29, 1.82) is 0 Å². The van der Waals surface area contributed by atoms with Gasteiger partial charge < -0.3 is 15.7 Å². The van der Waals surface area contributed by atoms with E-state index < -0.39 is 33.0 Å². The number of aliphatic carboxylic acids is 1. The highest BCUT2D eigenvalue weighted by atomic mass is 32.2. The number of nitrogens with one attached hydrogen (secondary N) is 2. The van der Waals surface area contributed by atoms with Gasteiger partial charge in [-0.05, 0) is 25.2 Å². The summed E-state index contributed by atoms with van der Waals surface area (Å²) >= 11 is 0. The molecule has 0 bridgehead atoms. The normalized spacial score (nSPS) is 22.0. The lowest BCUT2D eigenvalue weighted by Gasteiger charge is -2.16. The Morgan fingerprint density at radius 2 is 1.95 bits per heavy atom. The van der Waals surface area contributed by atoms with E-state index in [4.69, 9.17) is 5.11 Å². The Labute approximate surface area is 125 Å². The number of urea groups is 1. The Balaban J connectivity index is 2.35. The SMILES string of the molecule is CC(C)CC(CNC(=O)NCC1CCCS1(=O)=O)C(=O)O. The van der Waals surface area contributed by atoms with E-state index in [0.29, 0.717) is 19.3 Å². The molecule has 1 saturated heterocycles. The minimum atomic E-state index is -3.08. The molecule has 21 heavy (non-hydrogen) atoms. The second-order valence-corrected chi connectivity index (χ2v) is 8.29. The van der Waals surface area contributed by atoms with Crippen molar-refractivity contribution in [2.24, 2.45) is 11.8 Å². The molecule has 7 nitrogen and oxygen atoms in total. The maximum atomic E-state index is 11.6. The molecule has 8 heteroatoms. The summed E-state index contributed by atoms with van der Waals surface area (Å²) in [5, 5.41) is 13.5. The number of rotatable bonds is 7. The van der Waals surface area contributed by atoms with E-state index in [1.54, 1.807) is 0 Å². The number of sulfone groups is 1. The highest BCUT2D eigenvalue weighted by Crippen LogP contribution is 2.18. The van der Waals surface area contributed by atoms with Gasteiger partial charge in [-0.2, -0.15) is 0 Å². The number of carbonyl (C=O) groups excluding carboxylic acids is 1. The second-order valence-electron chi connectivity index (χ2n) is 5.89. The van der Waals surface area contributed by atoms with Gasteiger partial charge in [-0.1, -0.05) is 13.8 Å². The molecule has 0 aromatic rings. The largest absolute Gasteiger partial charge is 0.481 e. The molecule has 1 aliphatic rings. The smallest absolute Gasteiger partial charge is 0.314 e. The van der Waals surface area contributed by atoms with Crippen LogP contribution < -0.4 is 10.6 Å². The first kappa shape index (κ1) is 17.7. The minimum Gasteiger partial charge on any atom is -0.481 e. The fraction of sp³-hybridized carbons (Fsp3) is 0.846. The Kier molecular flexibility index (Phi) is 6.44. The van der Waals surface area contributed by atoms with Crippen molar-refractivity contribution in [3.05, 3.63) is 0 Å². The molecule has 1 fully saturated rings. The van der Waals surface area contributed by atoms with Crippen LogP contribution in [-0.2, 0) is 14.6 Å². The summed E-state index contributed by atoms with van der Waals surface area (Å²) in [5.41, 5.74) is 0. The lowest BCUT2D eigenvalue weighted by Crippen LogP contribution is -2.43. The van der Waals surface area contributed by atoms with Crippen molar-refractivity contribution < 1.29 is 23.1 Å². The minimum absolute atomic E-state index is 0.0385. The van der Waals surface area contributed by atoms with Gasteiger partial charge in [0.05, 0.1) is 16.9 Å². The molecule has 0 radical (unpaired) electrons. The maximum absolute atomic E-state index is 11.6. The third-order valence-corrected chi connectivity index (χ3v) is 5.84. The molecule has 3 N–H and O–H groups in total. The highest BCUT2D eigenvalue weighted by molar-refractivity contribution is 7.92. The molecular formula is C13H24N2O5S. The van der Waals surface area contributed by atoms with Crippen LogP contribution in [0.15, 0.2) is 0 Å². The predicted molar refractivity (Wildman–Crippen MR) is 78.8 cm³/mol. The first-order chi connectivity index (χ1) is 9.72. The van der Waals surface area contributed by atoms with Crippen molar-refractivity contribution in [2.75, 3.05) is 18.8 Å². The van der Waals surface area contributed by atoms with Crippen LogP contribution in [0.25, 0.3) is 0 Å². The number of hydrogen-bond acceptors (Lipinski definition) is 4. The summed E-state index contributed by atoms with van der Waals surface area (Å²) in [6.07, 6.45) is 1.67. The van der Waals surface area contributed by atoms with Crippen LogP contribution in [0.1, 0.15) is 33.1 Å². The van der Waals surface area contributed by atoms with Crippen LogP contribution in [0, 0.1) is 11.8 Å². The molecular weight excluding hydrogens is 296 g/mol. The van der Waals surface area contributed by atoms with Crippen molar-refractivity contribution in [1.82, 2.24) is 10.6 Å². The van der Waals surface area contributed by atoms with E-state index in [0.717, 1.165) is 0 Å². The van der Waals surface area contributed by atoms with Gasteiger partial charge >= 0.3 is 12.0 Å². The summed E-state index contributed by atoms with van der Waals surface area (Å²) in [4.78, 5) is 22.7. The van der Waals surface area contributed by atoms with Crippen LogP contribution in [-0.4, -0.2) is 49.6 Å². The van der Waals surface area contributed by atoms with Crippen LogP contribution in [0.3, 0.4) is 0 Å². The fourth-order valence-corrected chi connectivity index (χ4v) is 4.18. The van der Waals surface area contributed by atoms with E-state index in [-0.39, 0.29) is 24.8 Å². The van der Waals surface area contributed by atoms with Crippen LogP contribution in [0.2, 0.25) is 0 Å². The number of hydrogen-bond donors (Lipinski definition) is 3. The molecule has 2 amide bonds. The summed E-state index contributed by atoms with van der Waals surface area (Å²) in [7, 11) is -3.08. The zero-order valence-electron chi connectivity index (χ0n) is 12.5. The van der Waals surface area contributed by atoms with E-state index in [2.05, 4.69) is 10.6 Å². The summed E-state index contributed by atoms with van der Waals surface area (Å²) < 4.78 is 23.2. The number of carbonyl (C=O) groups is 2. The topological polar surface area (TPSA) is 113 Å². The zero-order chi connectivity index (χ0) is 16.0. The molecule has 0 aromatic heterocycles. The average Bonchev–Trinajstić information content (AvgIpc) is 2.70. The summed E-state index contributed by atoms with van der Waals surface area (Å²) in [6.45, 7) is 3.95. The van der Waals surface area contributed by atoms with E-state index in [1.807, 2.05) is 13.8 Å². The van der Waals surface area contributed by atoms with Gasteiger partial charge in [-0.25, -0.2) is 13.2 Å². The lowest BCUT2D eigenvalue weighted by atomic mass is 9.97. The van der Waals surface area contributed by atoms with Gasteiger partial charge in [0.15, 0.2) is 9.84 Å². The average molecular weight is 320 g/mol. The van der Waals surface area contributed by atoms with Crippen molar-refractivity contribution in [3.8, 4) is 0 Å². The van der Waals surface area contributed by atoms with Gasteiger partial charge in [-0.15, -0.1) is 0 Å². The van der Waals surface area contributed by atoms with E-state index >= 15 is 0 Å².